The second-order valence-electron chi connectivity index (χ2n) is 5.08. The molecular weight excluding hydrogens is 312 g/mol. The van der Waals surface area contributed by atoms with Gasteiger partial charge < -0.3 is 15.2 Å². The molecule has 2 aromatic carbocycles. The Labute approximate surface area is 141 Å². The number of anilines is 1. The fourth-order valence-corrected chi connectivity index (χ4v) is 2.54. The maximum Gasteiger partial charge on any atom is 0.127 e. The molecule has 0 amide bonds. The van der Waals surface area contributed by atoms with Gasteiger partial charge in [0, 0.05) is 11.8 Å². The zero-order chi connectivity index (χ0) is 15.5. The highest BCUT2D eigenvalue weighted by Crippen LogP contribution is 2.27. The molecule has 3 aromatic rings. The molecule has 0 aliphatic carbocycles. The summed E-state index contributed by atoms with van der Waals surface area (Å²) in [5.41, 5.74) is 9.04. The molecule has 0 saturated heterocycles. The molecule has 4 nitrogen and oxygen atoms in total. The van der Waals surface area contributed by atoms with Crippen LogP contribution in [0.4, 0.5) is 5.82 Å². The van der Waals surface area contributed by atoms with Crippen LogP contribution in [0.3, 0.4) is 0 Å². The molecule has 1 heterocycles. The molecule has 0 atom stereocenters. The Morgan fingerprint density at radius 2 is 1.74 bits per heavy atom. The SMILES string of the molecule is COc1ccc2nc(N)c(Cc3ccccc3OC)cc2c1.Cl. The minimum absolute atomic E-state index is 0. The summed E-state index contributed by atoms with van der Waals surface area (Å²) in [6, 6.07) is 15.8. The van der Waals surface area contributed by atoms with E-state index in [0.29, 0.717) is 12.2 Å². The highest BCUT2D eigenvalue weighted by Gasteiger charge is 2.09. The van der Waals surface area contributed by atoms with Crippen molar-refractivity contribution in [3.05, 3.63) is 59.7 Å². The summed E-state index contributed by atoms with van der Waals surface area (Å²) >= 11 is 0. The van der Waals surface area contributed by atoms with E-state index < -0.39 is 0 Å². The third-order valence-corrected chi connectivity index (χ3v) is 3.71. The van der Waals surface area contributed by atoms with Gasteiger partial charge in [0.15, 0.2) is 0 Å². The molecule has 23 heavy (non-hydrogen) atoms. The average molecular weight is 331 g/mol. The summed E-state index contributed by atoms with van der Waals surface area (Å²) in [6.45, 7) is 0. The first-order valence-corrected chi connectivity index (χ1v) is 7.06. The van der Waals surface area contributed by atoms with Gasteiger partial charge in [-0.2, -0.15) is 0 Å². The van der Waals surface area contributed by atoms with Gasteiger partial charge in [-0.25, -0.2) is 4.98 Å². The fourth-order valence-electron chi connectivity index (χ4n) is 2.54. The highest BCUT2D eigenvalue weighted by molar-refractivity contribution is 5.85. The summed E-state index contributed by atoms with van der Waals surface area (Å²) in [6.07, 6.45) is 0.677. The smallest absolute Gasteiger partial charge is 0.127 e. The number of hydrogen-bond donors (Lipinski definition) is 1. The van der Waals surface area contributed by atoms with Crippen LogP contribution >= 0.6 is 12.4 Å². The van der Waals surface area contributed by atoms with E-state index in [9.17, 15) is 0 Å². The van der Waals surface area contributed by atoms with Crippen molar-refractivity contribution in [3.8, 4) is 11.5 Å². The van der Waals surface area contributed by atoms with Crippen molar-refractivity contribution >= 4 is 29.1 Å². The van der Waals surface area contributed by atoms with E-state index in [1.807, 2.05) is 42.5 Å². The number of para-hydroxylation sites is 1. The van der Waals surface area contributed by atoms with Gasteiger partial charge in [0.2, 0.25) is 0 Å². The summed E-state index contributed by atoms with van der Waals surface area (Å²) in [5, 5.41) is 1.01. The van der Waals surface area contributed by atoms with Crippen LogP contribution in [0.5, 0.6) is 11.5 Å². The maximum atomic E-state index is 6.11. The van der Waals surface area contributed by atoms with E-state index in [1.54, 1.807) is 14.2 Å². The molecule has 1 aromatic heterocycles. The van der Waals surface area contributed by atoms with Crippen LogP contribution < -0.4 is 15.2 Å². The minimum atomic E-state index is 0. The number of benzene rings is 2. The molecule has 0 bridgehead atoms. The van der Waals surface area contributed by atoms with Gasteiger partial charge in [-0.1, -0.05) is 18.2 Å². The number of halogens is 1. The molecule has 0 fully saturated rings. The van der Waals surface area contributed by atoms with Crippen molar-refractivity contribution in [2.45, 2.75) is 6.42 Å². The molecule has 0 spiro atoms. The van der Waals surface area contributed by atoms with Gasteiger partial charge >= 0.3 is 0 Å². The van der Waals surface area contributed by atoms with E-state index in [0.717, 1.165) is 33.5 Å². The second kappa shape index (κ2) is 7.20. The lowest BCUT2D eigenvalue weighted by molar-refractivity contribution is 0.410. The van der Waals surface area contributed by atoms with E-state index in [1.165, 1.54) is 0 Å². The van der Waals surface area contributed by atoms with Crippen molar-refractivity contribution in [2.24, 2.45) is 0 Å². The van der Waals surface area contributed by atoms with Gasteiger partial charge in [0.25, 0.3) is 0 Å². The van der Waals surface area contributed by atoms with Gasteiger partial charge in [-0.3, -0.25) is 0 Å². The Morgan fingerprint density at radius 3 is 2.48 bits per heavy atom. The average Bonchev–Trinajstić information content (AvgIpc) is 2.55. The lowest BCUT2D eigenvalue weighted by atomic mass is 10.0. The Kier molecular flexibility index (Phi) is 5.29. The van der Waals surface area contributed by atoms with Crippen molar-refractivity contribution in [1.82, 2.24) is 4.98 Å². The van der Waals surface area contributed by atoms with Crippen molar-refractivity contribution < 1.29 is 9.47 Å². The maximum absolute atomic E-state index is 6.11. The molecule has 5 heteroatoms. The molecule has 0 saturated carbocycles. The number of rotatable bonds is 4. The van der Waals surface area contributed by atoms with Crippen molar-refractivity contribution in [1.29, 1.82) is 0 Å². The van der Waals surface area contributed by atoms with Crippen LogP contribution in [0.2, 0.25) is 0 Å². The van der Waals surface area contributed by atoms with Crippen molar-refractivity contribution in [3.63, 3.8) is 0 Å². The number of ether oxygens (including phenoxy) is 2. The van der Waals surface area contributed by atoms with Crippen LogP contribution in [-0.4, -0.2) is 19.2 Å². The summed E-state index contributed by atoms with van der Waals surface area (Å²) in [5.74, 6) is 2.21. The van der Waals surface area contributed by atoms with E-state index >= 15 is 0 Å². The Hall–Kier alpha value is -2.46. The molecule has 0 aliphatic heterocycles. The molecule has 0 radical (unpaired) electrons. The summed E-state index contributed by atoms with van der Waals surface area (Å²) in [4.78, 5) is 4.48. The lowest BCUT2D eigenvalue weighted by Gasteiger charge is -2.11. The minimum Gasteiger partial charge on any atom is -0.497 e. The number of nitrogen functional groups attached to an aromatic ring is 1. The van der Waals surface area contributed by atoms with Crippen LogP contribution in [-0.2, 0) is 6.42 Å². The molecule has 2 N–H and O–H groups in total. The quantitative estimate of drug-likeness (QED) is 0.789. The van der Waals surface area contributed by atoms with Crippen LogP contribution in [0.15, 0.2) is 48.5 Å². The Balaban J connectivity index is 0.00000192. The predicted molar refractivity (Wildman–Crippen MR) is 95.8 cm³/mol. The third-order valence-electron chi connectivity index (χ3n) is 3.71. The number of fused-ring (bicyclic) bond motifs is 1. The van der Waals surface area contributed by atoms with Gasteiger partial charge in [0.1, 0.15) is 17.3 Å². The van der Waals surface area contributed by atoms with E-state index in [4.69, 9.17) is 15.2 Å². The topological polar surface area (TPSA) is 57.4 Å². The molecular formula is C18H19ClN2O2. The largest absolute Gasteiger partial charge is 0.497 e. The zero-order valence-corrected chi connectivity index (χ0v) is 13.9. The Bertz CT molecular complexity index is 821. The van der Waals surface area contributed by atoms with Gasteiger partial charge in [-0.15, -0.1) is 12.4 Å². The summed E-state index contributed by atoms with van der Waals surface area (Å²) in [7, 11) is 3.33. The Morgan fingerprint density at radius 1 is 0.957 bits per heavy atom. The highest BCUT2D eigenvalue weighted by atomic mass is 35.5. The number of pyridine rings is 1. The number of aromatic nitrogens is 1. The van der Waals surface area contributed by atoms with Crippen LogP contribution in [0.25, 0.3) is 10.9 Å². The molecule has 120 valence electrons. The standard InChI is InChI=1S/C18H18N2O2.ClH/c1-21-15-7-8-16-13(11-15)10-14(18(19)20-16)9-12-5-3-4-6-17(12)22-2;/h3-8,10-11H,9H2,1-2H3,(H2,19,20);1H. The lowest BCUT2D eigenvalue weighted by Crippen LogP contribution is -2.01. The van der Waals surface area contributed by atoms with Gasteiger partial charge in [0.05, 0.1) is 19.7 Å². The normalized spacial score (nSPS) is 10.2. The molecule has 0 aliphatic rings. The van der Waals surface area contributed by atoms with Gasteiger partial charge in [-0.05, 0) is 41.5 Å². The first-order chi connectivity index (χ1) is 10.7. The third kappa shape index (κ3) is 3.48. The second-order valence-corrected chi connectivity index (χ2v) is 5.08. The first kappa shape index (κ1) is 16.9. The van der Waals surface area contributed by atoms with Crippen molar-refractivity contribution in [2.75, 3.05) is 20.0 Å². The fraction of sp³-hybridized carbons (Fsp3) is 0.167. The van der Waals surface area contributed by atoms with E-state index in [2.05, 4.69) is 11.1 Å². The predicted octanol–water partition coefficient (Wildman–Crippen LogP) is 3.85. The molecule has 3 rings (SSSR count). The molecule has 0 unspecified atom stereocenters. The van der Waals surface area contributed by atoms with E-state index in [-0.39, 0.29) is 12.4 Å². The number of methoxy groups -OCH3 is 2. The number of hydrogen-bond acceptors (Lipinski definition) is 4. The summed E-state index contributed by atoms with van der Waals surface area (Å²) < 4.78 is 10.7. The van der Waals surface area contributed by atoms with Crippen LogP contribution in [0.1, 0.15) is 11.1 Å². The zero-order valence-electron chi connectivity index (χ0n) is 13.1. The van der Waals surface area contributed by atoms with Crippen LogP contribution in [0, 0.1) is 0 Å². The number of nitrogens with two attached hydrogens (primary N) is 1. The monoisotopic (exact) mass is 330 g/mol. The number of nitrogens with zero attached hydrogens (tertiary/aromatic N) is 1. The first-order valence-electron chi connectivity index (χ1n) is 7.06.